The predicted molar refractivity (Wildman–Crippen MR) is 108 cm³/mol. The summed E-state index contributed by atoms with van der Waals surface area (Å²) in [5.41, 5.74) is -1.45. The van der Waals surface area contributed by atoms with E-state index in [9.17, 15) is 22.8 Å². The number of nitrogens with zero attached hydrogens (tertiary/aromatic N) is 7. The Hall–Kier alpha value is -4.03. The third-order valence-electron chi connectivity index (χ3n) is 5.14. The molecule has 172 valence electrons. The lowest BCUT2D eigenvalue weighted by Crippen LogP contribution is -2.49. The van der Waals surface area contributed by atoms with Crippen LogP contribution in [0, 0.1) is 0 Å². The summed E-state index contributed by atoms with van der Waals surface area (Å²) < 4.78 is 41.6. The molecule has 33 heavy (non-hydrogen) atoms. The minimum Gasteiger partial charge on any atom is -0.476 e. The molecule has 0 bridgehead atoms. The van der Waals surface area contributed by atoms with Gasteiger partial charge in [-0.25, -0.2) is 9.48 Å². The summed E-state index contributed by atoms with van der Waals surface area (Å²) in [5.74, 6) is -1.60. The van der Waals surface area contributed by atoms with Crippen molar-refractivity contribution in [3.8, 4) is 0 Å². The summed E-state index contributed by atoms with van der Waals surface area (Å²) in [7, 11) is 0. The molecular formula is C20H18F3N7O3. The summed E-state index contributed by atoms with van der Waals surface area (Å²) >= 11 is 0. The fourth-order valence-electron chi connectivity index (χ4n) is 3.48. The van der Waals surface area contributed by atoms with Crippen molar-refractivity contribution >= 4 is 17.7 Å². The number of alkyl halides is 3. The second kappa shape index (κ2) is 8.84. The fourth-order valence-corrected chi connectivity index (χ4v) is 3.48. The first-order valence-electron chi connectivity index (χ1n) is 9.90. The molecule has 4 rings (SSSR count). The van der Waals surface area contributed by atoms with Gasteiger partial charge >= 0.3 is 12.1 Å². The highest BCUT2D eigenvalue weighted by atomic mass is 19.4. The van der Waals surface area contributed by atoms with Gasteiger partial charge in [0.15, 0.2) is 22.9 Å². The number of benzene rings is 1. The SMILES string of the molecule is O=C(O)c1ccc(N2CCN(C(=O)c3c(C(F)(F)F)nnn3Cc3ccccc3)CC2)nn1. The number of amides is 1. The van der Waals surface area contributed by atoms with Crippen LogP contribution in [0.3, 0.4) is 0 Å². The van der Waals surface area contributed by atoms with E-state index in [1.807, 2.05) is 0 Å². The number of carbonyl (C=O) groups excluding carboxylic acids is 1. The lowest BCUT2D eigenvalue weighted by molar-refractivity contribution is -0.141. The maximum atomic E-state index is 13.5. The normalized spacial score (nSPS) is 14.4. The number of piperazine rings is 1. The molecule has 1 amide bonds. The van der Waals surface area contributed by atoms with E-state index in [0.29, 0.717) is 11.4 Å². The van der Waals surface area contributed by atoms with E-state index >= 15 is 0 Å². The highest BCUT2D eigenvalue weighted by molar-refractivity contribution is 5.94. The first-order valence-corrected chi connectivity index (χ1v) is 9.90. The molecule has 1 N–H and O–H groups in total. The van der Waals surface area contributed by atoms with E-state index < -0.39 is 29.4 Å². The van der Waals surface area contributed by atoms with Gasteiger partial charge in [0.1, 0.15) is 0 Å². The molecule has 0 aliphatic carbocycles. The maximum absolute atomic E-state index is 13.5. The molecule has 3 aromatic rings. The number of hydrogen-bond donors (Lipinski definition) is 1. The van der Waals surface area contributed by atoms with Crippen LogP contribution < -0.4 is 4.90 Å². The molecule has 0 spiro atoms. The molecule has 1 saturated heterocycles. The first-order chi connectivity index (χ1) is 15.7. The summed E-state index contributed by atoms with van der Waals surface area (Å²) in [6, 6.07) is 11.5. The molecule has 0 unspecified atom stereocenters. The van der Waals surface area contributed by atoms with Gasteiger partial charge in [-0.15, -0.1) is 15.3 Å². The lowest BCUT2D eigenvalue weighted by atomic mass is 10.2. The molecule has 0 radical (unpaired) electrons. The molecule has 13 heteroatoms. The third kappa shape index (κ3) is 4.76. The number of rotatable bonds is 5. The van der Waals surface area contributed by atoms with Crippen LogP contribution in [0.5, 0.6) is 0 Å². The molecular weight excluding hydrogens is 443 g/mol. The number of carboxylic acids is 1. The molecule has 0 saturated carbocycles. The number of carbonyl (C=O) groups is 2. The van der Waals surface area contributed by atoms with Crippen LogP contribution >= 0.6 is 0 Å². The Bertz CT molecular complexity index is 1140. The van der Waals surface area contributed by atoms with Crippen LogP contribution in [0.1, 0.15) is 32.2 Å². The van der Waals surface area contributed by atoms with E-state index in [-0.39, 0.29) is 38.4 Å². The Morgan fingerprint density at radius 3 is 2.21 bits per heavy atom. The zero-order valence-electron chi connectivity index (χ0n) is 17.1. The summed E-state index contributed by atoms with van der Waals surface area (Å²) in [6.07, 6.45) is -4.83. The standard InChI is InChI=1S/C20H18F3N7O3/c21-20(22,23)17-16(30(27-26-17)12-13-4-2-1-3-5-13)18(31)29-10-8-28(9-11-29)15-7-6-14(19(32)33)24-25-15/h1-7H,8-12H2,(H,32,33). The molecule has 3 heterocycles. The second-order valence-electron chi connectivity index (χ2n) is 7.29. The highest BCUT2D eigenvalue weighted by Gasteiger charge is 2.42. The van der Waals surface area contributed by atoms with E-state index in [1.54, 1.807) is 35.2 Å². The number of carboxylic acid groups (broad SMARTS) is 1. The molecule has 0 atom stereocenters. The molecule has 1 aromatic carbocycles. The lowest BCUT2D eigenvalue weighted by Gasteiger charge is -2.35. The van der Waals surface area contributed by atoms with Crippen molar-refractivity contribution in [2.24, 2.45) is 0 Å². The van der Waals surface area contributed by atoms with Gasteiger partial charge in [0.05, 0.1) is 6.54 Å². The van der Waals surface area contributed by atoms with Crippen LogP contribution in [0.15, 0.2) is 42.5 Å². The monoisotopic (exact) mass is 461 g/mol. The van der Waals surface area contributed by atoms with Crippen molar-refractivity contribution < 1.29 is 27.9 Å². The van der Waals surface area contributed by atoms with Gasteiger partial charge in [0.25, 0.3) is 5.91 Å². The smallest absolute Gasteiger partial charge is 0.437 e. The van der Waals surface area contributed by atoms with Crippen LogP contribution in [0.4, 0.5) is 19.0 Å². The van der Waals surface area contributed by atoms with Gasteiger partial charge in [-0.05, 0) is 17.7 Å². The van der Waals surface area contributed by atoms with Crippen molar-refractivity contribution in [1.29, 1.82) is 0 Å². The number of hydrogen-bond acceptors (Lipinski definition) is 7. The quantitative estimate of drug-likeness (QED) is 0.611. The average molecular weight is 461 g/mol. The molecule has 1 aliphatic rings. The van der Waals surface area contributed by atoms with Crippen molar-refractivity contribution in [2.75, 3.05) is 31.1 Å². The van der Waals surface area contributed by atoms with Gasteiger partial charge in [0, 0.05) is 26.2 Å². The minimum atomic E-state index is -4.83. The first kappa shape index (κ1) is 22.2. The number of aromatic carboxylic acids is 1. The number of anilines is 1. The van der Waals surface area contributed by atoms with Crippen LogP contribution in [0.25, 0.3) is 0 Å². The Kier molecular flexibility index (Phi) is 5.94. The molecule has 1 fully saturated rings. The Morgan fingerprint density at radius 2 is 1.64 bits per heavy atom. The van der Waals surface area contributed by atoms with E-state index in [2.05, 4.69) is 20.5 Å². The van der Waals surface area contributed by atoms with E-state index in [4.69, 9.17) is 5.11 Å². The van der Waals surface area contributed by atoms with Crippen molar-refractivity contribution in [2.45, 2.75) is 12.7 Å². The average Bonchev–Trinajstić information content (AvgIpc) is 3.23. The summed E-state index contributed by atoms with van der Waals surface area (Å²) in [4.78, 5) is 27.1. The van der Waals surface area contributed by atoms with Gasteiger partial charge in [-0.2, -0.15) is 13.2 Å². The molecule has 1 aliphatic heterocycles. The molecule has 2 aromatic heterocycles. The predicted octanol–water partition coefficient (Wildman–Crippen LogP) is 1.80. The molecule has 10 nitrogen and oxygen atoms in total. The van der Waals surface area contributed by atoms with Gasteiger partial charge in [0.2, 0.25) is 0 Å². The third-order valence-corrected chi connectivity index (χ3v) is 5.14. The van der Waals surface area contributed by atoms with E-state index in [1.165, 1.54) is 17.0 Å². The van der Waals surface area contributed by atoms with Gasteiger partial charge in [-0.1, -0.05) is 35.5 Å². The van der Waals surface area contributed by atoms with Crippen molar-refractivity contribution in [3.63, 3.8) is 0 Å². The second-order valence-corrected chi connectivity index (χ2v) is 7.29. The summed E-state index contributed by atoms with van der Waals surface area (Å²) in [6.45, 7) is 0.809. The summed E-state index contributed by atoms with van der Waals surface area (Å²) in [5, 5.41) is 23.3. The fraction of sp³-hybridized carbons (Fsp3) is 0.300. The van der Waals surface area contributed by atoms with Crippen LogP contribution in [-0.4, -0.2) is 73.3 Å². The highest BCUT2D eigenvalue weighted by Crippen LogP contribution is 2.31. The largest absolute Gasteiger partial charge is 0.476 e. The zero-order valence-corrected chi connectivity index (χ0v) is 17.1. The Morgan fingerprint density at radius 1 is 0.939 bits per heavy atom. The maximum Gasteiger partial charge on any atom is 0.437 e. The van der Waals surface area contributed by atoms with Crippen molar-refractivity contribution in [3.05, 3.63) is 65.1 Å². The topological polar surface area (TPSA) is 117 Å². The number of halogens is 3. The minimum absolute atomic E-state index is 0.0313. The zero-order chi connectivity index (χ0) is 23.6. The van der Waals surface area contributed by atoms with Crippen LogP contribution in [-0.2, 0) is 12.7 Å². The Labute approximate surface area is 185 Å². The number of aromatic nitrogens is 5. The van der Waals surface area contributed by atoms with Gasteiger partial charge < -0.3 is 14.9 Å². The van der Waals surface area contributed by atoms with Crippen molar-refractivity contribution in [1.82, 2.24) is 30.1 Å². The van der Waals surface area contributed by atoms with Gasteiger partial charge in [-0.3, -0.25) is 4.79 Å². The van der Waals surface area contributed by atoms with E-state index in [0.717, 1.165) is 4.68 Å². The Balaban J connectivity index is 1.52. The van der Waals surface area contributed by atoms with Crippen LogP contribution in [0.2, 0.25) is 0 Å².